The van der Waals surface area contributed by atoms with E-state index in [1.807, 2.05) is 6.92 Å². The van der Waals surface area contributed by atoms with E-state index in [0.717, 1.165) is 5.56 Å². The summed E-state index contributed by atoms with van der Waals surface area (Å²) in [4.78, 5) is 23.9. The number of aryl methyl sites for hydroxylation is 1. The fourth-order valence-electron chi connectivity index (χ4n) is 1.90. The standard InChI is InChI=1S/C16H15NO4/c1-10-7-8-13(12(9-10)16(20)21-2)17-15(19)11-5-3-4-6-14(11)18/h3-9,18H,1-2H3,(H,17,19). The number of carbonyl (C=O) groups is 2. The molecule has 108 valence electrons. The Morgan fingerprint density at radius 3 is 2.48 bits per heavy atom. The Balaban J connectivity index is 2.34. The van der Waals surface area contributed by atoms with Gasteiger partial charge < -0.3 is 15.2 Å². The number of benzene rings is 2. The molecule has 0 heterocycles. The topological polar surface area (TPSA) is 75.6 Å². The Morgan fingerprint density at radius 1 is 1.10 bits per heavy atom. The van der Waals surface area contributed by atoms with Gasteiger partial charge in [0.25, 0.3) is 5.91 Å². The molecule has 0 bridgehead atoms. The van der Waals surface area contributed by atoms with Gasteiger partial charge in [-0.25, -0.2) is 4.79 Å². The van der Waals surface area contributed by atoms with Crippen LogP contribution in [0.1, 0.15) is 26.3 Å². The number of phenolic OH excluding ortho intramolecular Hbond substituents is 1. The number of phenols is 1. The van der Waals surface area contributed by atoms with Crippen molar-refractivity contribution in [1.82, 2.24) is 0 Å². The molecule has 0 atom stereocenters. The van der Waals surface area contributed by atoms with Crippen LogP contribution >= 0.6 is 0 Å². The third-order valence-corrected chi connectivity index (χ3v) is 2.98. The third-order valence-electron chi connectivity index (χ3n) is 2.98. The molecule has 0 aromatic heterocycles. The van der Waals surface area contributed by atoms with Gasteiger partial charge in [-0.05, 0) is 31.2 Å². The molecule has 0 unspecified atom stereocenters. The quantitative estimate of drug-likeness (QED) is 0.850. The minimum Gasteiger partial charge on any atom is -0.507 e. The van der Waals surface area contributed by atoms with Crippen LogP contribution in [0.2, 0.25) is 0 Å². The van der Waals surface area contributed by atoms with Gasteiger partial charge in [0.15, 0.2) is 0 Å². The molecule has 0 saturated carbocycles. The number of rotatable bonds is 3. The van der Waals surface area contributed by atoms with E-state index in [0.29, 0.717) is 5.69 Å². The summed E-state index contributed by atoms with van der Waals surface area (Å²) in [6.45, 7) is 1.83. The van der Waals surface area contributed by atoms with E-state index in [-0.39, 0.29) is 16.9 Å². The van der Waals surface area contributed by atoms with Crippen LogP contribution in [0.3, 0.4) is 0 Å². The number of anilines is 1. The lowest BCUT2D eigenvalue weighted by Gasteiger charge is -2.11. The van der Waals surface area contributed by atoms with Crippen molar-refractivity contribution in [3.05, 3.63) is 59.2 Å². The lowest BCUT2D eigenvalue weighted by molar-refractivity contribution is 0.0602. The highest BCUT2D eigenvalue weighted by atomic mass is 16.5. The van der Waals surface area contributed by atoms with Crippen molar-refractivity contribution in [2.75, 3.05) is 12.4 Å². The monoisotopic (exact) mass is 285 g/mol. The first-order valence-electron chi connectivity index (χ1n) is 6.31. The van der Waals surface area contributed by atoms with Crippen molar-refractivity contribution >= 4 is 17.6 Å². The van der Waals surface area contributed by atoms with Crippen LogP contribution in [0.25, 0.3) is 0 Å². The fourth-order valence-corrected chi connectivity index (χ4v) is 1.90. The number of para-hydroxylation sites is 1. The van der Waals surface area contributed by atoms with Crippen LogP contribution in [0.4, 0.5) is 5.69 Å². The number of hydrogen-bond acceptors (Lipinski definition) is 4. The van der Waals surface area contributed by atoms with E-state index in [4.69, 9.17) is 4.74 Å². The van der Waals surface area contributed by atoms with Crippen LogP contribution in [-0.2, 0) is 4.74 Å². The highest BCUT2D eigenvalue weighted by Gasteiger charge is 2.16. The Labute approximate surface area is 122 Å². The second-order valence-electron chi connectivity index (χ2n) is 4.51. The fraction of sp³-hybridized carbons (Fsp3) is 0.125. The molecule has 2 aromatic carbocycles. The van der Waals surface area contributed by atoms with Crippen LogP contribution in [-0.4, -0.2) is 24.1 Å². The minimum absolute atomic E-state index is 0.123. The molecule has 5 nitrogen and oxygen atoms in total. The van der Waals surface area contributed by atoms with E-state index in [1.54, 1.807) is 30.3 Å². The van der Waals surface area contributed by atoms with E-state index >= 15 is 0 Å². The van der Waals surface area contributed by atoms with Gasteiger partial charge in [0.1, 0.15) is 5.75 Å². The van der Waals surface area contributed by atoms with Gasteiger partial charge in [-0.15, -0.1) is 0 Å². The van der Waals surface area contributed by atoms with Crippen molar-refractivity contribution in [3.8, 4) is 5.75 Å². The molecule has 0 aliphatic rings. The van der Waals surface area contributed by atoms with E-state index in [2.05, 4.69) is 5.32 Å². The number of ether oxygens (including phenoxy) is 1. The minimum atomic E-state index is -0.536. The van der Waals surface area contributed by atoms with Crippen molar-refractivity contribution in [2.24, 2.45) is 0 Å². The summed E-state index contributed by atoms with van der Waals surface area (Å²) in [6.07, 6.45) is 0. The summed E-state index contributed by atoms with van der Waals surface area (Å²) in [7, 11) is 1.28. The van der Waals surface area contributed by atoms with Crippen molar-refractivity contribution < 1.29 is 19.4 Å². The maximum Gasteiger partial charge on any atom is 0.339 e. The zero-order chi connectivity index (χ0) is 15.4. The summed E-state index contributed by atoms with van der Waals surface area (Å²) in [5.74, 6) is -1.16. The van der Waals surface area contributed by atoms with Gasteiger partial charge in [-0.1, -0.05) is 23.8 Å². The number of esters is 1. The number of hydrogen-bond donors (Lipinski definition) is 2. The highest BCUT2D eigenvalue weighted by Crippen LogP contribution is 2.22. The first-order valence-corrected chi connectivity index (χ1v) is 6.31. The zero-order valence-corrected chi connectivity index (χ0v) is 11.7. The van der Waals surface area contributed by atoms with Gasteiger partial charge in [-0.3, -0.25) is 4.79 Å². The lowest BCUT2D eigenvalue weighted by atomic mass is 10.1. The van der Waals surface area contributed by atoms with Crippen molar-refractivity contribution in [1.29, 1.82) is 0 Å². The van der Waals surface area contributed by atoms with E-state index in [1.165, 1.54) is 19.2 Å². The van der Waals surface area contributed by atoms with Crippen LogP contribution < -0.4 is 5.32 Å². The SMILES string of the molecule is COC(=O)c1cc(C)ccc1NC(=O)c1ccccc1O. The van der Waals surface area contributed by atoms with E-state index in [9.17, 15) is 14.7 Å². The molecule has 0 spiro atoms. The predicted octanol–water partition coefficient (Wildman–Crippen LogP) is 2.74. The third kappa shape index (κ3) is 3.20. The highest BCUT2D eigenvalue weighted by molar-refractivity contribution is 6.09. The first kappa shape index (κ1) is 14.6. The Bertz CT molecular complexity index is 694. The van der Waals surface area contributed by atoms with Gasteiger partial charge in [0.2, 0.25) is 0 Å². The zero-order valence-electron chi connectivity index (χ0n) is 11.7. The maximum atomic E-state index is 12.2. The Hall–Kier alpha value is -2.82. The van der Waals surface area contributed by atoms with Gasteiger partial charge in [0, 0.05) is 0 Å². The molecule has 0 fully saturated rings. The average molecular weight is 285 g/mol. The van der Waals surface area contributed by atoms with Crippen molar-refractivity contribution in [2.45, 2.75) is 6.92 Å². The van der Waals surface area contributed by atoms with Crippen molar-refractivity contribution in [3.63, 3.8) is 0 Å². The Kier molecular flexibility index (Phi) is 4.23. The molecule has 5 heteroatoms. The molecule has 1 amide bonds. The van der Waals surface area contributed by atoms with Gasteiger partial charge in [-0.2, -0.15) is 0 Å². The summed E-state index contributed by atoms with van der Waals surface area (Å²) in [5.41, 5.74) is 1.60. The number of carbonyl (C=O) groups excluding carboxylic acids is 2. The molecule has 2 aromatic rings. The van der Waals surface area contributed by atoms with Crippen LogP contribution in [0, 0.1) is 6.92 Å². The molecule has 0 saturated heterocycles. The molecule has 2 rings (SSSR count). The molecule has 0 aliphatic carbocycles. The largest absolute Gasteiger partial charge is 0.507 e. The number of aromatic hydroxyl groups is 1. The normalized spacial score (nSPS) is 10.0. The summed E-state index contributed by atoms with van der Waals surface area (Å²) in [6, 6.07) is 11.2. The molecular weight excluding hydrogens is 270 g/mol. The predicted molar refractivity (Wildman–Crippen MR) is 78.6 cm³/mol. The molecular formula is C16H15NO4. The molecule has 0 aliphatic heterocycles. The molecule has 21 heavy (non-hydrogen) atoms. The average Bonchev–Trinajstić information content (AvgIpc) is 2.48. The lowest BCUT2D eigenvalue weighted by Crippen LogP contribution is -2.15. The van der Waals surface area contributed by atoms with Crippen LogP contribution in [0.5, 0.6) is 5.75 Å². The Morgan fingerprint density at radius 2 is 1.81 bits per heavy atom. The summed E-state index contributed by atoms with van der Waals surface area (Å²) < 4.78 is 4.70. The summed E-state index contributed by atoms with van der Waals surface area (Å²) in [5, 5.41) is 12.3. The van der Waals surface area contributed by atoms with Crippen LogP contribution in [0.15, 0.2) is 42.5 Å². The second-order valence-corrected chi connectivity index (χ2v) is 4.51. The number of nitrogens with one attached hydrogen (secondary N) is 1. The molecule has 0 radical (unpaired) electrons. The second kappa shape index (κ2) is 6.09. The first-order chi connectivity index (χ1) is 10.0. The van der Waals surface area contributed by atoms with Gasteiger partial charge in [0.05, 0.1) is 23.9 Å². The maximum absolute atomic E-state index is 12.2. The number of amides is 1. The molecule has 2 N–H and O–H groups in total. The summed E-state index contributed by atoms with van der Waals surface area (Å²) >= 11 is 0. The smallest absolute Gasteiger partial charge is 0.339 e. The van der Waals surface area contributed by atoms with E-state index < -0.39 is 11.9 Å². The number of methoxy groups -OCH3 is 1. The van der Waals surface area contributed by atoms with Gasteiger partial charge >= 0.3 is 5.97 Å².